The molecule has 4 rings (SSSR count). The molecule has 0 aliphatic carbocycles. The van der Waals surface area contributed by atoms with Gasteiger partial charge in [0.1, 0.15) is 5.82 Å². The Kier molecular flexibility index (Phi) is 5.87. The van der Waals surface area contributed by atoms with Gasteiger partial charge in [0.25, 0.3) is 5.22 Å². The zero-order chi connectivity index (χ0) is 22.2. The summed E-state index contributed by atoms with van der Waals surface area (Å²) in [7, 11) is -0.484. The highest BCUT2D eigenvalue weighted by molar-refractivity contribution is 7.98. The zero-order valence-corrected chi connectivity index (χ0v) is 19.4. The van der Waals surface area contributed by atoms with Crippen LogP contribution >= 0.6 is 11.8 Å². The van der Waals surface area contributed by atoms with Gasteiger partial charge in [-0.15, -0.1) is 10.2 Å². The molecule has 162 valence electrons. The van der Waals surface area contributed by atoms with Gasteiger partial charge in [0.2, 0.25) is 15.9 Å². The summed E-state index contributed by atoms with van der Waals surface area (Å²) < 4.78 is 34.0. The number of benzene rings is 2. The lowest BCUT2D eigenvalue weighted by atomic mass is 10.1. The van der Waals surface area contributed by atoms with Gasteiger partial charge in [0, 0.05) is 26.2 Å². The summed E-state index contributed by atoms with van der Waals surface area (Å²) in [5.74, 6) is 1.83. The predicted octanol–water partition coefficient (Wildman–Crippen LogP) is 3.96. The van der Waals surface area contributed by atoms with Crippen molar-refractivity contribution < 1.29 is 12.8 Å². The average molecular weight is 458 g/mol. The van der Waals surface area contributed by atoms with E-state index in [0.29, 0.717) is 28.9 Å². The summed E-state index contributed by atoms with van der Waals surface area (Å²) in [6.07, 6.45) is 0. The molecule has 0 unspecified atom stereocenters. The summed E-state index contributed by atoms with van der Waals surface area (Å²) in [6, 6.07) is 12.9. The molecule has 31 heavy (non-hydrogen) atoms. The lowest BCUT2D eigenvalue weighted by molar-refractivity contribution is 0.465. The van der Waals surface area contributed by atoms with Gasteiger partial charge in [-0.2, -0.15) is 0 Å². The lowest BCUT2D eigenvalue weighted by Crippen LogP contribution is -2.22. The number of hydrogen-bond donors (Lipinski definition) is 0. The summed E-state index contributed by atoms with van der Waals surface area (Å²) in [5, 5.41) is 8.77. The Balaban J connectivity index is 1.60. The van der Waals surface area contributed by atoms with E-state index in [1.165, 1.54) is 30.2 Å². The first-order valence-electron chi connectivity index (χ1n) is 9.75. The van der Waals surface area contributed by atoms with Crippen LogP contribution < -0.4 is 0 Å². The first kappa shape index (κ1) is 21.5. The Morgan fingerprint density at radius 1 is 1.13 bits per heavy atom. The third-order valence-electron chi connectivity index (χ3n) is 5.00. The van der Waals surface area contributed by atoms with Gasteiger partial charge < -0.3 is 8.98 Å². The molecule has 2 aromatic heterocycles. The molecule has 0 N–H and O–H groups in total. The molecule has 0 amide bonds. The van der Waals surface area contributed by atoms with E-state index in [0.717, 1.165) is 22.5 Å². The third kappa shape index (κ3) is 4.10. The summed E-state index contributed by atoms with van der Waals surface area (Å²) in [4.78, 5) is 4.91. The number of aromatic nitrogens is 4. The van der Waals surface area contributed by atoms with Crippen LogP contribution in [0.25, 0.3) is 22.5 Å². The number of fused-ring (bicyclic) bond motifs is 1. The van der Waals surface area contributed by atoms with Gasteiger partial charge in [0.15, 0.2) is 0 Å². The molecule has 2 heterocycles. The first-order valence-corrected chi connectivity index (χ1v) is 12.2. The van der Waals surface area contributed by atoms with Crippen LogP contribution in [0.5, 0.6) is 0 Å². The maximum atomic E-state index is 12.5. The molecular weight excluding hydrogens is 434 g/mol. The number of thioether (sulfide) groups is 1. The summed E-state index contributed by atoms with van der Waals surface area (Å²) in [6.45, 7) is 4.74. The van der Waals surface area contributed by atoms with Crippen molar-refractivity contribution in [1.82, 2.24) is 24.1 Å². The molecule has 0 fully saturated rings. The van der Waals surface area contributed by atoms with Crippen LogP contribution in [0.15, 0.2) is 57.0 Å². The van der Waals surface area contributed by atoms with Gasteiger partial charge in [0.05, 0.1) is 21.7 Å². The topological polar surface area (TPSA) is 94.1 Å². The standard InChI is InChI=1S/C21H23N5O3S2/c1-5-26-18-11-10-15(31(27,28)25(3)4)12-17(18)22-19(26)13-30-21-24-23-20(29-21)16-9-7-6-8-14(16)2/h6-12H,5,13H2,1-4H3. The first-order chi connectivity index (χ1) is 14.8. The van der Waals surface area contributed by atoms with Crippen LogP contribution in [0.4, 0.5) is 0 Å². The molecule has 0 aliphatic heterocycles. The molecule has 0 saturated carbocycles. The molecule has 0 atom stereocenters. The smallest absolute Gasteiger partial charge is 0.277 e. The highest BCUT2D eigenvalue weighted by Crippen LogP contribution is 2.29. The minimum absolute atomic E-state index is 0.227. The van der Waals surface area contributed by atoms with E-state index in [1.54, 1.807) is 18.2 Å². The lowest BCUT2D eigenvalue weighted by Gasteiger charge is -2.11. The van der Waals surface area contributed by atoms with Crippen LogP contribution in [-0.2, 0) is 22.3 Å². The van der Waals surface area contributed by atoms with Crippen molar-refractivity contribution in [3.05, 3.63) is 53.9 Å². The Bertz CT molecular complexity index is 1340. The third-order valence-corrected chi connectivity index (χ3v) is 7.63. The van der Waals surface area contributed by atoms with E-state index in [4.69, 9.17) is 4.42 Å². The van der Waals surface area contributed by atoms with Crippen molar-refractivity contribution in [2.75, 3.05) is 14.1 Å². The number of sulfonamides is 1. The van der Waals surface area contributed by atoms with Crippen molar-refractivity contribution in [1.29, 1.82) is 0 Å². The number of aryl methyl sites for hydroxylation is 2. The Labute approximate surface area is 185 Å². The highest BCUT2D eigenvalue weighted by Gasteiger charge is 2.20. The van der Waals surface area contributed by atoms with Crippen LogP contribution in [-0.4, -0.2) is 46.6 Å². The average Bonchev–Trinajstić information content (AvgIpc) is 3.35. The molecule has 8 nitrogen and oxygen atoms in total. The zero-order valence-electron chi connectivity index (χ0n) is 17.7. The summed E-state index contributed by atoms with van der Waals surface area (Å²) >= 11 is 1.40. The quantitative estimate of drug-likeness (QED) is 0.388. The number of rotatable bonds is 7. The SMILES string of the molecule is CCn1c(CSc2nnc(-c3ccccc3C)o2)nc2cc(S(=O)(=O)N(C)C)ccc21. The normalized spacial score (nSPS) is 12.2. The molecule has 0 aliphatic rings. The van der Waals surface area contributed by atoms with Crippen molar-refractivity contribution in [2.45, 2.75) is 36.3 Å². The van der Waals surface area contributed by atoms with Crippen LogP contribution in [0.2, 0.25) is 0 Å². The van der Waals surface area contributed by atoms with E-state index in [2.05, 4.69) is 19.7 Å². The van der Waals surface area contributed by atoms with Gasteiger partial charge in [-0.3, -0.25) is 0 Å². The van der Waals surface area contributed by atoms with Crippen molar-refractivity contribution in [3.63, 3.8) is 0 Å². The Hall–Kier alpha value is -2.69. The highest BCUT2D eigenvalue weighted by atomic mass is 32.2. The molecule has 0 radical (unpaired) electrons. The maximum Gasteiger partial charge on any atom is 0.277 e. The van der Waals surface area contributed by atoms with Crippen molar-refractivity contribution >= 4 is 32.8 Å². The molecule has 0 saturated heterocycles. The van der Waals surface area contributed by atoms with Crippen molar-refractivity contribution in [2.24, 2.45) is 0 Å². The van der Waals surface area contributed by atoms with Gasteiger partial charge in [-0.1, -0.05) is 30.0 Å². The molecule has 0 bridgehead atoms. The van der Waals surface area contributed by atoms with Gasteiger partial charge in [-0.05, 0) is 43.7 Å². The van der Waals surface area contributed by atoms with Crippen LogP contribution in [0.1, 0.15) is 18.3 Å². The minimum atomic E-state index is -3.52. The van der Waals surface area contributed by atoms with E-state index >= 15 is 0 Å². The van der Waals surface area contributed by atoms with Crippen molar-refractivity contribution in [3.8, 4) is 11.5 Å². The molecular formula is C21H23N5O3S2. The Morgan fingerprint density at radius 3 is 2.61 bits per heavy atom. The molecule has 0 spiro atoms. The second-order valence-electron chi connectivity index (χ2n) is 7.19. The number of imidazole rings is 1. The monoisotopic (exact) mass is 457 g/mol. The van der Waals surface area contributed by atoms with Crippen LogP contribution in [0, 0.1) is 6.92 Å². The van der Waals surface area contributed by atoms with E-state index in [1.807, 2.05) is 38.1 Å². The van der Waals surface area contributed by atoms with E-state index in [-0.39, 0.29) is 4.90 Å². The second-order valence-corrected chi connectivity index (χ2v) is 10.3. The van der Waals surface area contributed by atoms with E-state index in [9.17, 15) is 8.42 Å². The number of hydrogen-bond acceptors (Lipinski definition) is 7. The molecule has 10 heteroatoms. The summed E-state index contributed by atoms with van der Waals surface area (Å²) in [5.41, 5.74) is 3.52. The Morgan fingerprint density at radius 2 is 1.90 bits per heavy atom. The second kappa shape index (κ2) is 8.45. The van der Waals surface area contributed by atoms with E-state index < -0.39 is 10.0 Å². The molecule has 4 aromatic rings. The minimum Gasteiger partial charge on any atom is -0.411 e. The van der Waals surface area contributed by atoms with Crippen LogP contribution in [0.3, 0.4) is 0 Å². The number of nitrogens with zero attached hydrogens (tertiary/aromatic N) is 5. The fraction of sp³-hybridized carbons (Fsp3) is 0.286. The maximum absolute atomic E-state index is 12.5. The van der Waals surface area contributed by atoms with Gasteiger partial charge >= 0.3 is 0 Å². The predicted molar refractivity (Wildman–Crippen MR) is 120 cm³/mol. The van der Waals surface area contributed by atoms with Gasteiger partial charge in [-0.25, -0.2) is 17.7 Å². The largest absolute Gasteiger partial charge is 0.411 e. The molecule has 2 aromatic carbocycles. The fourth-order valence-corrected chi connectivity index (χ4v) is 4.94. The fourth-order valence-electron chi connectivity index (χ4n) is 3.31.